The highest BCUT2D eigenvalue weighted by atomic mass is 33.1. The van der Waals surface area contributed by atoms with Crippen molar-refractivity contribution in [1.29, 1.82) is 0 Å². The first kappa shape index (κ1) is 18.4. The Morgan fingerprint density at radius 3 is 2.38 bits per heavy atom. The average Bonchev–Trinajstić information content (AvgIpc) is 2.94. The molecule has 1 saturated heterocycles. The molecule has 0 N–H and O–H groups in total. The molecule has 5 nitrogen and oxygen atoms in total. The van der Waals surface area contributed by atoms with E-state index in [-0.39, 0.29) is 31.4 Å². The zero-order valence-electron chi connectivity index (χ0n) is 12.3. The van der Waals surface area contributed by atoms with E-state index in [1.807, 2.05) is 21.6 Å². The Morgan fingerprint density at radius 2 is 1.76 bits per heavy atom. The molecule has 120 valence electrons. The fourth-order valence-electron chi connectivity index (χ4n) is 1.79. The van der Waals surface area contributed by atoms with Crippen molar-refractivity contribution in [2.24, 2.45) is 0 Å². The van der Waals surface area contributed by atoms with E-state index in [2.05, 4.69) is 0 Å². The summed E-state index contributed by atoms with van der Waals surface area (Å²) in [5.74, 6) is 0.297. The quantitative estimate of drug-likeness (QED) is 0.263. The Morgan fingerprint density at radius 1 is 1.05 bits per heavy atom. The molecule has 1 heterocycles. The van der Waals surface area contributed by atoms with Gasteiger partial charge in [-0.1, -0.05) is 28.0 Å². The number of esters is 2. The molecule has 1 unspecified atom stereocenters. The minimum Gasteiger partial charge on any atom is -0.428 e. The first-order chi connectivity index (χ1) is 10.1. The minimum absolute atomic E-state index is 0.0317. The Kier molecular flexibility index (Phi) is 9.58. The lowest BCUT2D eigenvalue weighted by Gasteiger charge is -2.07. The van der Waals surface area contributed by atoms with Crippen LogP contribution in [0.3, 0.4) is 0 Å². The fraction of sp³-hybridized carbons (Fsp3) is 0.786. The van der Waals surface area contributed by atoms with Crippen LogP contribution in [0, 0.1) is 0 Å². The maximum atomic E-state index is 11.4. The second-order valence-corrected chi connectivity index (χ2v) is 7.71. The van der Waals surface area contributed by atoms with Gasteiger partial charge in [0.05, 0.1) is 6.42 Å². The van der Waals surface area contributed by atoms with Crippen molar-refractivity contribution in [2.75, 3.05) is 12.5 Å². The number of rotatable bonds is 10. The highest BCUT2D eigenvalue weighted by molar-refractivity contribution is 8.77. The van der Waals surface area contributed by atoms with E-state index in [1.54, 1.807) is 0 Å². The van der Waals surface area contributed by atoms with Gasteiger partial charge in [0.15, 0.2) is 0 Å². The molecule has 0 aliphatic carbocycles. The van der Waals surface area contributed by atoms with Crippen LogP contribution in [0.4, 0.5) is 0 Å². The summed E-state index contributed by atoms with van der Waals surface area (Å²) in [5.41, 5.74) is 0. The predicted molar refractivity (Wildman–Crippen MR) is 83.9 cm³/mol. The van der Waals surface area contributed by atoms with E-state index in [4.69, 9.17) is 9.47 Å². The maximum Gasteiger partial charge on any atom is 0.309 e. The molecule has 0 bridgehead atoms. The summed E-state index contributed by atoms with van der Waals surface area (Å²) < 4.78 is 9.53. The first-order valence-corrected chi connectivity index (χ1v) is 9.55. The molecule has 1 rings (SSSR count). The van der Waals surface area contributed by atoms with Gasteiger partial charge in [0.25, 0.3) is 0 Å². The smallest absolute Gasteiger partial charge is 0.309 e. The first-order valence-electron chi connectivity index (χ1n) is 7.17. The van der Waals surface area contributed by atoms with Crippen LogP contribution in [-0.2, 0) is 23.9 Å². The van der Waals surface area contributed by atoms with Gasteiger partial charge in [-0.15, -0.1) is 0 Å². The standard InChI is InChI=1S/C14H22O5S2/c1-11(15)6-7-14(17)19-10-18-13(16)5-3-2-4-12-8-9-20-21-12/h12H,2-10H2,1H3. The highest BCUT2D eigenvalue weighted by Gasteiger charge is 2.16. The zero-order valence-corrected chi connectivity index (χ0v) is 13.9. The van der Waals surface area contributed by atoms with Gasteiger partial charge >= 0.3 is 11.9 Å². The van der Waals surface area contributed by atoms with Crippen LogP contribution in [-0.4, -0.2) is 35.5 Å². The molecular weight excluding hydrogens is 312 g/mol. The molecule has 0 saturated carbocycles. The third-order valence-corrected chi connectivity index (χ3v) is 6.01. The van der Waals surface area contributed by atoms with Crippen LogP contribution in [0.1, 0.15) is 51.9 Å². The van der Waals surface area contributed by atoms with Crippen molar-refractivity contribution in [3.05, 3.63) is 0 Å². The molecule has 1 atom stereocenters. The Hall–Kier alpha value is -0.690. The van der Waals surface area contributed by atoms with E-state index in [0.29, 0.717) is 6.42 Å². The molecule has 0 spiro atoms. The third-order valence-electron chi connectivity index (χ3n) is 3.01. The fourth-order valence-corrected chi connectivity index (χ4v) is 4.82. The Bertz CT molecular complexity index is 353. The van der Waals surface area contributed by atoms with Crippen LogP contribution in [0.15, 0.2) is 0 Å². The molecule has 0 aromatic heterocycles. The third kappa shape index (κ3) is 9.79. The van der Waals surface area contributed by atoms with Crippen LogP contribution in [0.5, 0.6) is 0 Å². The van der Waals surface area contributed by atoms with Crippen molar-refractivity contribution >= 4 is 39.3 Å². The number of ketones is 1. The van der Waals surface area contributed by atoms with Gasteiger partial charge in [0.2, 0.25) is 6.79 Å². The highest BCUT2D eigenvalue weighted by Crippen LogP contribution is 2.39. The van der Waals surface area contributed by atoms with Gasteiger partial charge < -0.3 is 14.3 Å². The van der Waals surface area contributed by atoms with Crippen molar-refractivity contribution in [1.82, 2.24) is 0 Å². The molecule has 0 radical (unpaired) electrons. The number of Topliss-reactive ketones (excluding diaryl/α,β-unsaturated/α-hetero) is 1. The molecular formula is C14H22O5S2. The average molecular weight is 334 g/mol. The molecule has 7 heteroatoms. The van der Waals surface area contributed by atoms with Crippen LogP contribution in [0.2, 0.25) is 0 Å². The number of hydrogen-bond acceptors (Lipinski definition) is 7. The van der Waals surface area contributed by atoms with Gasteiger partial charge in [0.1, 0.15) is 5.78 Å². The largest absolute Gasteiger partial charge is 0.428 e. The number of ether oxygens (including phenoxy) is 2. The summed E-state index contributed by atoms with van der Waals surface area (Å²) in [6, 6.07) is 0. The lowest BCUT2D eigenvalue weighted by atomic mass is 10.1. The van der Waals surface area contributed by atoms with E-state index in [1.165, 1.54) is 19.1 Å². The summed E-state index contributed by atoms with van der Waals surface area (Å²) in [4.78, 5) is 33.3. The van der Waals surface area contributed by atoms with E-state index >= 15 is 0 Å². The summed E-state index contributed by atoms with van der Waals surface area (Å²) in [6.07, 6.45) is 4.77. The normalized spacial score (nSPS) is 17.5. The second-order valence-electron chi connectivity index (χ2n) is 4.93. The maximum absolute atomic E-state index is 11.4. The zero-order chi connectivity index (χ0) is 15.5. The Labute approximate surface area is 133 Å². The summed E-state index contributed by atoms with van der Waals surface area (Å²) in [7, 11) is 3.87. The van der Waals surface area contributed by atoms with Gasteiger partial charge in [0, 0.05) is 23.8 Å². The summed E-state index contributed by atoms with van der Waals surface area (Å²) in [5, 5.41) is 0.730. The van der Waals surface area contributed by atoms with Crippen molar-refractivity contribution in [3.63, 3.8) is 0 Å². The molecule has 0 amide bonds. The second kappa shape index (κ2) is 11.0. The monoisotopic (exact) mass is 334 g/mol. The van der Waals surface area contributed by atoms with E-state index in [0.717, 1.165) is 24.5 Å². The van der Waals surface area contributed by atoms with E-state index in [9.17, 15) is 14.4 Å². The molecule has 0 aromatic carbocycles. The van der Waals surface area contributed by atoms with Gasteiger partial charge in [-0.25, -0.2) is 0 Å². The Balaban J connectivity index is 1.93. The van der Waals surface area contributed by atoms with Gasteiger partial charge in [-0.05, 0) is 26.2 Å². The van der Waals surface area contributed by atoms with Crippen molar-refractivity contribution in [3.8, 4) is 0 Å². The molecule has 1 aliphatic heterocycles. The topological polar surface area (TPSA) is 69.7 Å². The number of hydrogen-bond donors (Lipinski definition) is 0. The molecule has 1 fully saturated rings. The SMILES string of the molecule is CC(=O)CCC(=O)OCOC(=O)CCCCC1CCSS1. The number of carbonyl (C=O) groups excluding carboxylic acids is 3. The van der Waals surface area contributed by atoms with Crippen LogP contribution in [0.25, 0.3) is 0 Å². The van der Waals surface area contributed by atoms with E-state index < -0.39 is 5.97 Å². The number of carbonyl (C=O) groups is 3. The van der Waals surface area contributed by atoms with Gasteiger partial charge in [-0.2, -0.15) is 0 Å². The van der Waals surface area contributed by atoms with Gasteiger partial charge in [-0.3, -0.25) is 9.59 Å². The van der Waals surface area contributed by atoms with Crippen molar-refractivity contribution in [2.45, 2.75) is 57.1 Å². The summed E-state index contributed by atoms with van der Waals surface area (Å²) >= 11 is 0. The molecule has 21 heavy (non-hydrogen) atoms. The minimum atomic E-state index is -0.520. The molecule has 1 aliphatic rings. The summed E-state index contributed by atoms with van der Waals surface area (Å²) in [6.45, 7) is 1.06. The van der Waals surface area contributed by atoms with Crippen molar-refractivity contribution < 1.29 is 23.9 Å². The molecule has 0 aromatic rings. The predicted octanol–water partition coefficient (Wildman–Crippen LogP) is 3.11. The lowest BCUT2D eigenvalue weighted by molar-refractivity contribution is -0.167. The van der Waals surface area contributed by atoms with Crippen LogP contribution >= 0.6 is 21.6 Å². The van der Waals surface area contributed by atoms with Crippen LogP contribution < -0.4 is 0 Å². The lowest BCUT2D eigenvalue weighted by Crippen LogP contribution is -2.13. The number of unbranched alkanes of at least 4 members (excludes halogenated alkanes) is 1.